The number of esters is 2. The number of carbonyl (C=O) groups excluding carboxylic acids is 4. The molecule has 2 aliphatic carbocycles. The van der Waals surface area contributed by atoms with Gasteiger partial charge in [-0.05, 0) is 45.0 Å². The number of likely N-dealkylation sites (tertiary alicyclic amines) is 1. The second-order valence-corrected chi connectivity index (χ2v) is 12.2. The van der Waals surface area contributed by atoms with Crippen LogP contribution in [0.1, 0.15) is 63.1 Å². The van der Waals surface area contributed by atoms with Crippen molar-refractivity contribution in [2.24, 2.45) is 5.92 Å². The van der Waals surface area contributed by atoms with Gasteiger partial charge in [-0.1, -0.05) is 26.0 Å². The van der Waals surface area contributed by atoms with Crippen molar-refractivity contribution < 1.29 is 43.6 Å². The van der Waals surface area contributed by atoms with Crippen LogP contribution >= 0.6 is 0 Å². The van der Waals surface area contributed by atoms with Crippen LogP contribution in [0, 0.1) is 5.92 Å². The summed E-state index contributed by atoms with van der Waals surface area (Å²) >= 11 is 0. The number of piperidine rings is 1. The van der Waals surface area contributed by atoms with Crippen LogP contribution in [0.3, 0.4) is 0 Å². The lowest BCUT2D eigenvalue weighted by molar-refractivity contribution is -0.206. The van der Waals surface area contributed by atoms with E-state index in [-0.39, 0.29) is 56.8 Å². The van der Waals surface area contributed by atoms with Crippen LogP contribution in [0.2, 0.25) is 0 Å². The number of nitrogens with zero attached hydrogens (tertiary/aromatic N) is 1. The van der Waals surface area contributed by atoms with Gasteiger partial charge in [0.15, 0.2) is 6.10 Å². The number of rotatable bonds is 11. The summed E-state index contributed by atoms with van der Waals surface area (Å²) in [6, 6.07) is 3.62. The zero-order valence-electron chi connectivity index (χ0n) is 25.1. The Kier molecular flexibility index (Phi) is 8.56. The molecule has 0 aromatic heterocycles. The summed E-state index contributed by atoms with van der Waals surface area (Å²) in [5, 5.41) is 24.9. The molecule has 4 aliphatic rings. The maximum Gasteiger partial charge on any atom is 0.312 e. The number of nitrogens with one attached hydrogen (secondary N) is 2. The second kappa shape index (κ2) is 11.9. The van der Waals surface area contributed by atoms with Crippen molar-refractivity contribution in [2.75, 3.05) is 26.7 Å². The predicted molar refractivity (Wildman–Crippen MR) is 153 cm³/mol. The van der Waals surface area contributed by atoms with Crippen molar-refractivity contribution in [3.63, 3.8) is 0 Å². The third-order valence-electron chi connectivity index (χ3n) is 9.28. The molecule has 2 amide bonds. The largest absolute Gasteiger partial charge is 0.481 e. The molecule has 4 N–H and O–H groups in total. The van der Waals surface area contributed by atoms with Gasteiger partial charge in [0.2, 0.25) is 11.8 Å². The summed E-state index contributed by atoms with van der Waals surface area (Å²) in [6.45, 7) is 5.47. The number of amides is 2. The molecular weight excluding hydrogens is 558 g/mol. The first-order chi connectivity index (χ1) is 20.4. The molecule has 43 heavy (non-hydrogen) atoms. The molecule has 1 spiro atoms. The average Bonchev–Trinajstić information content (AvgIpc) is 3.32. The van der Waals surface area contributed by atoms with Crippen molar-refractivity contribution in [2.45, 2.75) is 88.7 Å². The van der Waals surface area contributed by atoms with Gasteiger partial charge in [0.1, 0.15) is 23.2 Å². The first-order valence-electron chi connectivity index (χ1n) is 14.9. The third kappa shape index (κ3) is 5.19. The molecule has 2 heterocycles. The molecular formula is C31H41N3O9. The Morgan fingerprint density at radius 3 is 2.47 bits per heavy atom. The summed E-state index contributed by atoms with van der Waals surface area (Å²) in [6.07, 6.45) is 1.07. The normalized spacial score (nSPS) is 27.4. The van der Waals surface area contributed by atoms with E-state index < -0.39 is 41.1 Å². The SMILES string of the molecule is CC(C)C(=O)NCCC(=O)OC1=CC[C@@]2(OC(=O)CCNC(=O)[C@H](C)O)[C@H]3Cc4ccc(CO)c5c4[C@@]2(CCN3C)[C@H]1O5. The molecule has 5 rings (SSSR count). The third-order valence-corrected chi connectivity index (χ3v) is 9.28. The maximum absolute atomic E-state index is 13.4. The Bertz CT molecular complexity index is 1340. The number of hydrogen-bond acceptors (Lipinski definition) is 10. The number of aliphatic hydroxyl groups is 2. The molecule has 0 saturated carbocycles. The van der Waals surface area contributed by atoms with Crippen molar-refractivity contribution in [3.05, 3.63) is 40.7 Å². The highest BCUT2D eigenvalue weighted by atomic mass is 16.6. The van der Waals surface area contributed by atoms with E-state index in [0.29, 0.717) is 36.5 Å². The van der Waals surface area contributed by atoms with Gasteiger partial charge in [-0.15, -0.1) is 0 Å². The molecule has 5 atom stereocenters. The molecule has 234 valence electrons. The van der Waals surface area contributed by atoms with E-state index in [9.17, 15) is 29.4 Å². The molecule has 1 saturated heterocycles. The van der Waals surface area contributed by atoms with Crippen LogP contribution < -0.4 is 15.4 Å². The van der Waals surface area contributed by atoms with Crippen LogP contribution in [0.15, 0.2) is 24.0 Å². The topological polar surface area (TPSA) is 164 Å². The van der Waals surface area contributed by atoms with Gasteiger partial charge in [-0.2, -0.15) is 0 Å². The highest BCUT2D eigenvalue weighted by molar-refractivity contribution is 5.81. The van der Waals surface area contributed by atoms with Gasteiger partial charge in [0.05, 0.1) is 30.9 Å². The summed E-state index contributed by atoms with van der Waals surface area (Å²) in [5.41, 5.74) is 0.569. The van der Waals surface area contributed by atoms with Crippen LogP contribution in [0.4, 0.5) is 0 Å². The lowest BCUT2D eigenvalue weighted by atomic mass is 9.50. The number of aliphatic hydroxyl groups excluding tert-OH is 2. The molecule has 0 radical (unpaired) electrons. The summed E-state index contributed by atoms with van der Waals surface area (Å²) in [4.78, 5) is 52.3. The van der Waals surface area contributed by atoms with Crippen molar-refractivity contribution in [1.29, 1.82) is 0 Å². The number of carbonyl (C=O) groups is 4. The molecule has 0 unspecified atom stereocenters. The van der Waals surface area contributed by atoms with Crippen molar-refractivity contribution >= 4 is 23.8 Å². The van der Waals surface area contributed by atoms with Gasteiger partial charge in [-0.25, -0.2) is 0 Å². The lowest BCUT2D eigenvalue weighted by Gasteiger charge is -2.62. The minimum atomic E-state index is -1.19. The van der Waals surface area contributed by atoms with Crippen LogP contribution in [0.25, 0.3) is 0 Å². The summed E-state index contributed by atoms with van der Waals surface area (Å²) in [7, 11) is 2.00. The van der Waals surface area contributed by atoms with Crippen LogP contribution in [-0.2, 0) is 47.1 Å². The molecule has 1 fully saturated rings. The van der Waals surface area contributed by atoms with E-state index in [0.717, 1.165) is 11.1 Å². The quantitative estimate of drug-likeness (QED) is 0.265. The smallest absolute Gasteiger partial charge is 0.312 e. The molecule has 1 aromatic carbocycles. The highest BCUT2D eigenvalue weighted by Gasteiger charge is 2.74. The van der Waals surface area contributed by atoms with E-state index in [2.05, 4.69) is 15.5 Å². The number of benzene rings is 1. The molecule has 2 aliphatic heterocycles. The second-order valence-electron chi connectivity index (χ2n) is 12.2. The van der Waals surface area contributed by atoms with Gasteiger partial charge < -0.3 is 35.1 Å². The Balaban J connectivity index is 1.48. The lowest BCUT2D eigenvalue weighted by Crippen LogP contribution is -2.75. The Hall–Kier alpha value is -3.48. The van der Waals surface area contributed by atoms with E-state index >= 15 is 0 Å². The first kappa shape index (κ1) is 31.0. The zero-order chi connectivity index (χ0) is 31.1. The van der Waals surface area contributed by atoms with Crippen LogP contribution in [-0.4, -0.2) is 89.4 Å². The minimum absolute atomic E-state index is 0.00856. The van der Waals surface area contributed by atoms with E-state index in [1.165, 1.54) is 6.92 Å². The summed E-state index contributed by atoms with van der Waals surface area (Å²) in [5.74, 6) is -1.10. The van der Waals surface area contributed by atoms with E-state index in [1.807, 2.05) is 19.2 Å². The Morgan fingerprint density at radius 1 is 1.09 bits per heavy atom. The monoisotopic (exact) mass is 599 g/mol. The van der Waals surface area contributed by atoms with Gasteiger partial charge in [0, 0.05) is 36.6 Å². The van der Waals surface area contributed by atoms with E-state index in [1.54, 1.807) is 19.9 Å². The average molecular weight is 600 g/mol. The first-order valence-corrected chi connectivity index (χ1v) is 14.9. The van der Waals surface area contributed by atoms with Crippen molar-refractivity contribution in [1.82, 2.24) is 15.5 Å². The number of likely N-dealkylation sites (N-methyl/N-ethyl adjacent to an activating group) is 1. The fourth-order valence-corrected chi connectivity index (χ4v) is 7.16. The van der Waals surface area contributed by atoms with Crippen LogP contribution in [0.5, 0.6) is 5.75 Å². The minimum Gasteiger partial charge on any atom is -0.481 e. The van der Waals surface area contributed by atoms with Gasteiger partial charge in [0.25, 0.3) is 0 Å². The number of hydrogen-bond donors (Lipinski definition) is 4. The van der Waals surface area contributed by atoms with Gasteiger partial charge in [-0.3, -0.25) is 24.1 Å². The van der Waals surface area contributed by atoms with E-state index in [4.69, 9.17) is 14.2 Å². The fraction of sp³-hybridized carbons (Fsp3) is 0.613. The Labute approximate surface area is 250 Å². The summed E-state index contributed by atoms with van der Waals surface area (Å²) < 4.78 is 19.0. The predicted octanol–water partition coefficient (Wildman–Crippen LogP) is 0.600. The van der Waals surface area contributed by atoms with Crippen molar-refractivity contribution in [3.8, 4) is 5.75 Å². The molecule has 12 nitrogen and oxygen atoms in total. The van der Waals surface area contributed by atoms with Gasteiger partial charge >= 0.3 is 11.9 Å². The fourth-order valence-electron chi connectivity index (χ4n) is 7.16. The highest BCUT2D eigenvalue weighted by Crippen LogP contribution is 2.65. The maximum atomic E-state index is 13.4. The zero-order valence-corrected chi connectivity index (χ0v) is 25.1. The molecule has 1 aromatic rings. The Morgan fingerprint density at radius 2 is 1.79 bits per heavy atom. The number of ether oxygens (including phenoxy) is 3. The molecule has 12 heteroatoms. The standard InChI is InChI=1S/C31H41N3O9/c1-17(2)28(39)32-12-8-23(37)41-21-7-10-31(43-24(38)9-13-33-29(40)18(3)36)22-15-19-5-6-20(16-35)26-25(19)30(31,27(21)42-26)11-14-34(22)4/h5-7,17-18,22,27,35-36H,8-16H2,1-4H3,(H,32,39)(H,33,40)/t18-,22+,27-,30-,31+/m0/s1. The molecule has 2 bridgehead atoms.